The summed E-state index contributed by atoms with van der Waals surface area (Å²) in [5, 5.41) is 9.06. The summed E-state index contributed by atoms with van der Waals surface area (Å²) < 4.78 is 32.4. The molecule has 0 amide bonds. The number of carbonyl (C=O) groups is 1. The molecule has 27 heavy (non-hydrogen) atoms. The first-order valence-electron chi connectivity index (χ1n) is 7.34. The van der Waals surface area contributed by atoms with Gasteiger partial charge >= 0.3 is 6.16 Å². The largest absolute Gasteiger partial charge is 0.512 e. The van der Waals surface area contributed by atoms with Crippen molar-refractivity contribution in [2.45, 2.75) is 4.90 Å². The molecule has 0 radical (unpaired) electrons. The van der Waals surface area contributed by atoms with Gasteiger partial charge in [-0.3, -0.25) is 4.72 Å². The highest BCUT2D eigenvalue weighted by Crippen LogP contribution is 2.42. The highest BCUT2D eigenvalue weighted by atomic mass is 35.5. The molecule has 3 rings (SSSR count). The van der Waals surface area contributed by atoms with Crippen molar-refractivity contribution in [2.24, 2.45) is 0 Å². The molecular formula is C17H11Cl2NO5S2. The van der Waals surface area contributed by atoms with Crippen LogP contribution in [0.15, 0.2) is 59.5 Å². The van der Waals surface area contributed by atoms with Crippen LogP contribution < -0.4 is 9.46 Å². The smallest absolute Gasteiger partial charge is 0.449 e. The first-order chi connectivity index (χ1) is 12.8. The minimum absolute atomic E-state index is 0.00716. The molecule has 0 unspecified atom stereocenters. The zero-order chi connectivity index (χ0) is 19.6. The van der Waals surface area contributed by atoms with Gasteiger partial charge in [-0.15, -0.1) is 0 Å². The molecule has 0 aliphatic heterocycles. The van der Waals surface area contributed by atoms with Gasteiger partial charge in [0.2, 0.25) is 5.06 Å². The maximum absolute atomic E-state index is 12.7. The second-order valence-electron chi connectivity index (χ2n) is 5.23. The van der Waals surface area contributed by atoms with Gasteiger partial charge in [-0.25, -0.2) is 13.2 Å². The van der Waals surface area contributed by atoms with E-state index in [2.05, 4.69) is 4.72 Å². The average molecular weight is 444 g/mol. The number of benzene rings is 2. The topological polar surface area (TPSA) is 92.7 Å². The van der Waals surface area contributed by atoms with Crippen molar-refractivity contribution in [1.29, 1.82) is 0 Å². The Hall–Kier alpha value is -2.26. The van der Waals surface area contributed by atoms with Crippen LogP contribution in [-0.2, 0) is 10.0 Å². The van der Waals surface area contributed by atoms with E-state index in [9.17, 15) is 13.2 Å². The Morgan fingerprint density at radius 1 is 1.07 bits per heavy atom. The van der Waals surface area contributed by atoms with Crippen LogP contribution in [0.3, 0.4) is 0 Å². The van der Waals surface area contributed by atoms with Crippen molar-refractivity contribution >= 4 is 56.4 Å². The van der Waals surface area contributed by atoms with E-state index in [1.54, 1.807) is 0 Å². The molecule has 1 heterocycles. The van der Waals surface area contributed by atoms with Crippen LogP contribution >= 0.6 is 34.5 Å². The fraction of sp³-hybridized carbons (Fsp3) is 0. The number of hydrogen-bond acceptors (Lipinski definition) is 5. The van der Waals surface area contributed by atoms with Gasteiger partial charge in [0.25, 0.3) is 10.0 Å². The number of sulfonamides is 1. The number of hydrogen-bond donors (Lipinski definition) is 2. The third-order valence-corrected chi connectivity index (χ3v) is 6.51. The molecule has 6 nitrogen and oxygen atoms in total. The number of halogens is 2. The van der Waals surface area contributed by atoms with Crippen LogP contribution in [0.2, 0.25) is 10.0 Å². The van der Waals surface area contributed by atoms with Gasteiger partial charge in [0.05, 0.1) is 5.02 Å². The van der Waals surface area contributed by atoms with Crippen molar-refractivity contribution in [1.82, 2.24) is 0 Å². The SMILES string of the molecule is O=C(O)Oc1sc(-c2ccccc2)cc1NS(=O)(=O)c1ccc(Cl)cc1Cl. The fourth-order valence-corrected chi connectivity index (χ4v) is 5.09. The van der Waals surface area contributed by atoms with Crippen LogP contribution in [-0.4, -0.2) is 19.7 Å². The van der Waals surface area contributed by atoms with Crippen molar-refractivity contribution in [3.63, 3.8) is 0 Å². The Morgan fingerprint density at radius 2 is 1.78 bits per heavy atom. The molecule has 0 atom stereocenters. The molecule has 1 aromatic heterocycles. The number of rotatable bonds is 5. The van der Waals surface area contributed by atoms with E-state index in [-0.39, 0.29) is 25.7 Å². The quantitative estimate of drug-likeness (QED) is 0.502. The number of thiophene rings is 1. The molecule has 0 fully saturated rings. The van der Waals surface area contributed by atoms with Gasteiger partial charge in [0.15, 0.2) is 0 Å². The van der Waals surface area contributed by atoms with E-state index >= 15 is 0 Å². The van der Waals surface area contributed by atoms with Gasteiger partial charge in [-0.05, 0) is 29.8 Å². The zero-order valence-corrected chi connectivity index (χ0v) is 16.5. The van der Waals surface area contributed by atoms with Crippen LogP contribution in [0.5, 0.6) is 5.06 Å². The van der Waals surface area contributed by atoms with Crippen LogP contribution in [0.4, 0.5) is 10.5 Å². The summed E-state index contributed by atoms with van der Waals surface area (Å²) >= 11 is 12.8. The van der Waals surface area contributed by atoms with E-state index < -0.39 is 16.2 Å². The Morgan fingerprint density at radius 3 is 2.41 bits per heavy atom. The lowest BCUT2D eigenvalue weighted by molar-refractivity contribution is 0.146. The molecule has 0 spiro atoms. The standard InChI is InChI=1S/C17H11Cl2NO5S2/c18-11-6-7-15(12(19)8-11)27(23,24)20-13-9-14(10-4-2-1-3-5-10)26-16(13)25-17(21)22/h1-9,20H,(H,21,22). The number of anilines is 1. The second kappa shape index (κ2) is 7.77. The summed E-state index contributed by atoms with van der Waals surface area (Å²) in [6, 6.07) is 14.5. The molecule has 3 aromatic rings. The summed E-state index contributed by atoms with van der Waals surface area (Å²) in [6.45, 7) is 0. The molecule has 0 bridgehead atoms. The van der Waals surface area contributed by atoms with Crippen LogP contribution in [0.1, 0.15) is 0 Å². The van der Waals surface area contributed by atoms with Crippen molar-refractivity contribution in [2.75, 3.05) is 4.72 Å². The van der Waals surface area contributed by atoms with Crippen molar-refractivity contribution < 1.29 is 23.1 Å². The van der Waals surface area contributed by atoms with E-state index in [4.69, 9.17) is 33.0 Å². The Bertz CT molecular complexity index is 1100. The van der Waals surface area contributed by atoms with Gasteiger partial charge in [-0.1, -0.05) is 64.9 Å². The normalized spacial score (nSPS) is 11.2. The second-order valence-corrected chi connectivity index (χ2v) is 8.74. The van der Waals surface area contributed by atoms with Gasteiger partial charge in [-0.2, -0.15) is 0 Å². The van der Waals surface area contributed by atoms with E-state index in [0.717, 1.165) is 16.9 Å². The minimum atomic E-state index is -4.09. The fourth-order valence-electron chi connectivity index (χ4n) is 2.24. The Kier molecular flexibility index (Phi) is 5.61. The van der Waals surface area contributed by atoms with E-state index in [0.29, 0.717) is 4.88 Å². The molecule has 2 aromatic carbocycles. The lowest BCUT2D eigenvalue weighted by atomic mass is 10.2. The summed E-state index contributed by atoms with van der Waals surface area (Å²) in [4.78, 5) is 11.4. The van der Waals surface area contributed by atoms with E-state index in [1.165, 1.54) is 24.3 Å². The minimum Gasteiger partial charge on any atom is -0.449 e. The first kappa shape index (κ1) is 19.5. The zero-order valence-electron chi connectivity index (χ0n) is 13.3. The molecule has 0 aliphatic carbocycles. The van der Waals surface area contributed by atoms with Crippen molar-refractivity contribution in [3.05, 3.63) is 64.6 Å². The lowest BCUT2D eigenvalue weighted by Crippen LogP contribution is -2.14. The first-order valence-corrected chi connectivity index (χ1v) is 10.4. The molecule has 140 valence electrons. The maximum Gasteiger partial charge on any atom is 0.512 e. The molecule has 0 saturated carbocycles. The lowest BCUT2D eigenvalue weighted by Gasteiger charge is -2.09. The van der Waals surface area contributed by atoms with E-state index in [1.807, 2.05) is 30.3 Å². The highest BCUT2D eigenvalue weighted by molar-refractivity contribution is 7.92. The molecule has 0 saturated heterocycles. The van der Waals surface area contributed by atoms with Crippen LogP contribution in [0, 0.1) is 0 Å². The average Bonchev–Trinajstić information content (AvgIpc) is 2.96. The predicted molar refractivity (Wildman–Crippen MR) is 106 cm³/mol. The summed E-state index contributed by atoms with van der Waals surface area (Å²) in [6.07, 6.45) is -1.55. The number of carboxylic acid groups (broad SMARTS) is 1. The van der Waals surface area contributed by atoms with Crippen molar-refractivity contribution in [3.8, 4) is 15.5 Å². The summed E-state index contributed by atoms with van der Waals surface area (Å²) in [5.41, 5.74) is 0.778. The number of nitrogens with one attached hydrogen (secondary N) is 1. The third kappa shape index (κ3) is 4.54. The Balaban J connectivity index is 2.02. The molecule has 10 heteroatoms. The predicted octanol–water partition coefficient (Wildman–Crippen LogP) is 5.58. The molecular weight excluding hydrogens is 433 g/mol. The third-order valence-electron chi connectivity index (χ3n) is 3.36. The maximum atomic E-state index is 12.7. The van der Waals surface area contributed by atoms with Gasteiger partial charge in [0.1, 0.15) is 10.6 Å². The molecule has 0 aliphatic rings. The summed E-state index contributed by atoms with van der Waals surface area (Å²) in [5.74, 6) is 0. The van der Waals surface area contributed by atoms with Gasteiger partial charge < -0.3 is 9.84 Å². The summed E-state index contributed by atoms with van der Waals surface area (Å²) in [7, 11) is -4.09. The van der Waals surface area contributed by atoms with Gasteiger partial charge in [0, 0.05) is 9.90 Å². The monoisotopic (exact) mass is 443 g/mol. The number of ether oxygens (including phenoxy) is 1. The van der Waals surface area contributed by atoms with Crippen LogP contribution in [0.25, 0.3) is 10.4 Å². The highest BCUT2D eigenvalue weighted by Gasteiger charge is 2.23. The molecule has 2 N–H and O–H groups in total. The Labute approximate surface area is 169 Å².